The van der Waals surface area contributed by atoms with Gasteiger partial charge in [0.15, 0.2) is 5.78 Å². The topological polar surface area (TPSA) is 102 Å². The van der Waals surface area contributed by atoms with Crippen molar-refractivity contribution in [2.24, 2.45) is 0 Å². The molecule has 0 aliphatic heterocycles. The van der Waals surface area contributed by atoms with Gasteiger partial charge in [0.05, 0.1) is 17.6 Å². The third-order valence-electron chi connectivity index (χ3n) is 9.73. The lowest BCUT2D eigenvalue weighted by atomic mass is 9.76. The Bertz CT molecular complexity index is 1580. The lowest BCUT2D eigenvalue weighted by Gasteiger charge is -2.38. The van der Waals surface area contributed by atoms with Crippen molar-refractivity contribution < 1.29 is 19.2 Å². The monoisotopic (exact) mass is 689 g/mol. The molecule has 0 heterocycles. The number of likely N-dealkylation sites (N-methyl/N-ethyl adjacent to an activating group) is 4. The van der Waals surface area contributed by atoms with Crippen LogP contribution in [0.4, 0.5) is 0 Å². The van der Waals surface area contributed by atoms with E-state index in [1.54, 1.807) is 55.9 Å². The van der Waals surface area contributed by atoms with Gasteiger partial charge in [0, 0.05) is 32.6 Å². The van der Waals surface area contributed by atoms with Gasteiger partial charge in [0.2, 0.25) is 17.7 Å². The maximum absolute atomic E-state index is 13.5. The summed E-state index contributed by atoms with van der Waals surface area (Å²) < 4.78 is 0. The minimum absolute atomic E-state index is 0.0861. The van der Waals surface area contributed by atoms with Crippen LogP contribution in [0.5, 0.6) is 0 Å². The second-order valence-electron chi connectivity index (χ2n) is 12.8. The number of rotatable bonds is 16. The van der Waals surface area contributed by atoms with Crippen molar-refractivity contribution in [3.63, 3.8) is 0 Å². The molecule has 9 nitrogen and oxygen atoms in total. The number of halogens is 1. The fourth-order valence-corrected chi connectivity index (χ4v) is 6.20. The number of Topliss-reactive ketones (excluding diaryl/α,β-unsaturated/α-hetero) is 1. The van der Waals surface area contributed by atoms with E-state index in [2.05, 4.69) is 54.0 Å². The number of carbonyl (C=O) groups is 4. The van der Waals surface area contributed by atoms with Crippen LogP contribution in [0, 0.1) is 6.92 Å². The number of benzene rings is 3. The molecule has 0 radical (unpaired) electrons. The maximum atomic E-state index is 13.5. The summed E-state index contributed by atoms with van der Waals surface area (Å²) in [6, 6.07) is 23.6. The summed E-state index contributed by atoms with van der Waals surface area (Å²) >= 11 is 6.87. The van der Waals surface area contributed by atoms with Crippen LogP contribution in [0.1, 0.15) is 62.8 Å². The lowest BCUT2D eigenvalue weighted by molar-refractivity contribution is -0.150. The Labute approximate surface area is 297 Å². The van der Waals surface area contributed by atoms with Crippen LogP contribution in [0.15, 0.2) is 78.9 Å². The third-order valence-corrected chi connectivity index (χ3v) is 10.1. The maximum Gasteiger partial charge on any atom is 0.245 e. The first-order valence-electron chi connectivity index (χ1n) is 16.8. The zero-order valence-electron chi connectivity index (χ0n) is 30.3. The Morgan fingerprint density at radius 2 is 1.18 bits per heavy atom. The molecule has 264 valence electrons. The number of nitrogens with zero attached hydrogens (tertiary/aromatic N) is 3. The van der Waals surface area contributed by atoms with Crippen molar-refractivity contribution >= 4 is 35.1 Å². The van der Waals surface area contributed by atoms with Crippen LogP contribution in [0.3, 0.4) is 0 Å². The van der Waals surface area contributed by atoms with Gasteiger partial charge in [-0.2, -0.15) is 0 Å². The molecule has 0 saturated carbocycles. The van der Waals surface area contributed by atoms with Crippen LogP contribution in [0.2, 0.25) is 5.02 Å². The van der Waals surface area contributed by atoms with E-state index < -0.39 is 29.7 Å². The summed E-state index contributed by atoms with van der Waals surface area (Å²) in [6.45, 7) is 9.24. The Hall–Kier alpha value is -4.05. The molecule has 0 spiro atoms. The number of aryl methyl sites for hydroxylation is 1. The summed E-state index contributed by atoms with van der Waals surface area (Å²) in [4.78, 5) is 56.8. The molecule has 3 aromatic carbocycles. The molecule has 2 N–H and O–H groups in total. The molecule has 0 bridgehead atoms. The molecule has 0 fully saturated rings. The van der Waals surface area contributed by atoms with Crippen LogP contribution in [-0.2, 0) is 24.7 Å². The Morgan fingerprint density at radius 1 is 0.694 bits per heavy atom. The predicted molar refractivity (Wildman–Crippen MR) is 196 cm³/mol. The van der Waals surface area contributed by atoms with E-state index in [0.29, 0.717) is 18.0 Å². The van der Waals surface area contributed by atoms with E-state index >= 15 is 0 Å². The standard InChI is InChI=1S/C39H52ClN5O4/c1-26-21-23-32(24-22-26)39(31-16-11-10-12-17-31,33-18-13-14-19-34(33)40)42-25-15-20-35(46)28(3)43(7)37(48)30(5)45(9)38(49)29(4)44(8)36(47)27(2)41-6/h10-14,16-19,21-24,27-30,41-42H,15,20,25H2,1-9H3/t27-,28-,29-,30-,39?/m1/s1. The van der Waals surface area contributed by atoms with Gasteiger partial charge >= 0.3 is 0 Å². The molecule has 0 aliphatic carbocycles. The first-order valence-corrected chi connectivity index (χ1v) is 17.2. The van der Waals surface area contributed by atoms with Crippen molar-refractivity contribution in [2.45, 2.75) is 77.2 Å². The van der Waals surface area contributed by atoms with E-state index in [-0.39, 0.29) is 29.9 Å². The second kappa shape index (κ2) is 17.6. The highest BCUT2D eigenvalue weighted by molar-refractivity contribution is 6.31. The predicted octanol–water partition coefficient (Wildman–Crippen LogP) is 5.03. The van der Waals surface area contributed by atoms with Gasteiger partial charge in [0.25, 0.3) is 0 Å². The summed E-state index contributed by atoms with van der Waals surface area (Å²) in [7, 11) is 6.37. The lowest BCUT2D eigenvalue weighted by Crippen LogP contribution is -2.56. The largest absolute Gasteiger partial charge is 0.334 e. The summed E-state index contributed by atoms with van der Waals surface area (Å²) in [5, 5.41) is 7.29. The van der Waals surface area contributed by atoms with Crippen molar-refractivity contribution in [1.29, 1.82) is 0 Å². The highest BCUT2D eigenvalue weighted by Gasteiger charge is 2.38. The van der Waals surface area contributed by atoms with Gasteiger partial charge in [-0.15, -0.1) is 0 Å². The van der Waals surface area contributed by atoms with Crippen LogP contribution in [0.25, 0.3) is 0 Å². The Balaban J connectivity index is 1.72. The van der Waals surface area contributed by atoms with E-state index in [0.717, 1.165) is 22.3 Å². The normalized spacial score (nSPS) is 14.9. The highest BCUT2D eigenvalue weighted by Crippen LogP contribution is 2.40. The fourth-order valence-electron chi connectivity index (χ4n) is 5.92. The van der Waals surface area contributed by atoms with E-state index in [4.69, 9.17) is 11.6 Å². The average molecular weight is 690 g/mol. The van der Waals surface area contributed by atoms with E-state index in [9.17, 15) is 19.2 Å². The Kier molecular flexibility index (Phi) is 14.1. The molecule has 0 saturated heterocycles. The van der Waals surface area contributed by atoms with E-state index in [1.807, 2.05) is 42.5 Å². The number of amides is 3. The highest BCUT2D eigenvalue weighted by atomic mass is 35.5. The molecule has 1 unspecified atom stereocenters. The third kappa shape index (κ3) is 8.95. The molecule has 0 aromatic heterocycles. The van der Waals surface area contributed by atoms with Crippen molar-refractivity contribution in [3.05, 3.63) is 106 Å². The number of carbonyl (C=O) groups excluding carboxylic acids is 4. The molecular weight excluding hydrogens is 638 g/mol. The van der Waals surface area contributed by atoms with Gasteiger partial charge in [-0.1, -0.05) is 90.0 Å². The molecule has 5 atom stereocenters. The van der Waals surface area contributed by atoms with Crippen molar-refractivity contribution in [2.75, 3.05) is 34.7 Å². The molecule has 0 aliphatic rings. The molecular formula is C39H52ClN5O4. The minimum atomic E-state index is -0.835. The first-order chi connectivity index (χ1) is 23.2. The van der Waals surface area contributed by atoms with Gasteiger partial charge in [-0.05, 0) is 77.4 Å². The fraction of sp³-hybridized carbons (Fsp3) is 0.436. The van der Waals surface area contributed by atoms with Crippen LogP contribution in [-0.4, -0.2) is 97.1 Å². The zero-order chi connectivity index (χ0) is 36.5. The zero-order valence-corrected chi connectivity index (χ0v) is 31.0. The molecule has 3 rings (SSSR count). The van der Waals surface area contributed by atoms with Gasteiger partial charge in [0.1, 0.15) is 12.1 Å². The van der Waals surface area contributed by atoms with Crippen LogP contribution >= 0.6 is 11.6 Å². The Morgan fingerprint density at radius 3 is 1.73 bits per heavy atom. The average Bonchev–Trinajstić information content (AvgIpc) is 3.12. The second-order valence-corrected chi connectivity index (χ2v) is 13.3. The van der Waals surface area contributed by atoms with Gasteiger partial charge in [-0.3, -0.25) is 24.5 Å². The van der Waals surface area contributed by atoms with Gasteiger partial charge in [-0.25, -0.2) is 0 Å². The van der Waals surface area contributed by atoms with Crippen molar-refractivity contribution in [3.8, 4) is 0 Å². The number of hydrogen-bond acceptors (Lipinski definition) is 6. The molecule has 49 heavy (non-hydrogen) atoms. The minimum Gasteiger partial charge on any atom is -0.334 e. The van der Waals surface area contributed by atoms with Crippen LogP contribution < -0.4 is 10.6 Å². The molecule has 3 aromatic rings. The van der Waals surface area contributed by atoms with Gasteiger partial charge < -0.3 is 20.0 Å². The summed E-state index contributed by atoms with van der Waals surface area (Å²) in [6.07, 6.45) is 0.761. The number of hydrogen-bond donors (Lipinski definition) is 2. The SMILES string of the molecule is CN[C@H](C)C(=O)N(C)[C@H](C)C(=O)N(C)[C@H](C)C(=O)N(C)[C@H](C)C(=O)CCCNC(c1ccccc1)(c1ccc(C)cc1)c1ccccc1Cl. The smallest absolute Gasteiger partial charge is 0.245 e. The van der Waals surface area contributed by atoms with E-state index in [1.165, 1.54) is 14.7 Å². The van der Waals surface area contributed by atoms with Crippen molar-refractivity contribution in [1.82, 2.24) is 25.3 Å². The molecule has 3 amide bonds. The summed E-state index contributed by atoms with van der Waals surface area (Å²) in [5.41, 5.74) is 3.32. The molecule has 10 heteroatoms. The first kappa shape index (κ1) is 39.4. The summed E-state index contributed by atoms with van der Waals surface area (Å²) in [5.74, 6) is -1.04. The quantitative estimate of drug-likeness (QED) is 0.162. The number of nitrogens with one attached hydrogen (secondary N) is 2. The number of ketones is 1.